The van der Waals surface area contributed by atoms with Gasteiger partial charge in [-0.3, -0.25) is 4.79 Å². The fourth-order valence-electron chi connectivity index (χ4n) is 6.32. The van der Waals surface area contributed by atoms with Crippen LogP contribution in [0, 0.1) is 16.9 Å². The molecule has 0 unspecified atom stereocenters. The summed E-state index contributed by atoms with van der Waals surface area (Å²) in [5.41, 5.74) is 4.19. The molecule has 1 aliphatic carbocycles. The third kappa shape index (κ3) is 5.57. The first-order valence-electron chi connectivity index (χ1n) is 15.7. The van der Waals surface area contributed by atoms with E-state index in [1.54, 1.807) is 0 Å². The van der Waals surface area contributed by atoms with E-state index in [0.29, 0.717) is 0 Å². The van der Waals surface area contributed by atoms with E-state index in [1.165, 1.54) is 48.1 Å². The van der Waals surface area contributed by atoms with Crippen LogP contribution in [0.25, 0.3) is 42.2 Å². The number of aliphatic hydroxyl groups excluding tert-OH is 1. The maximum absolute atomic E-state index is 12.2. The van der Waals surface area contributed by atoms with Crippen LogP contribution < -0.4 is 0 Å². The molecule has 0 saturated heterocycles. The predicted octanol–water partition coefficient (Wildman–Crippen LogP) is 11.4. The normalized spacial score (nSPS) is 14.1. The van der Waals surface area contributed by atoms with Crippen molar-refractivity contribution in [3.05, 3.63) is 89.8 Å². The largest absolute Gasteiger partial charge is 0.512 e. The zero-order valence-electron chi connectivity index (χ0n) is 27.2. The SMILES string of the molecule is CC1(C)c2c(ncc3ccccc23)-c2[c-]ccc3sc4cccc1c4c23.CCC(C)(CC)C(=O)/C=C(\O)C(C)(CC)CC.[Ir]. The Morgan fingerprint density at radius 3 is 2.20 bits per heavy atom. The Labute approximate surface area is 280 Å². The third-order valence-corrected chi connectivity index (χ3v) is 11.5. The van der Waals surface area contributed by atoms with E-state index in [2.05, 4.69) is 68.4 Å². The van der Waals surface area contributed by atoms with Crippen molar-refractivity contribution in [1.29, 1.82) is 0 Å². The maximum atomic E-state index is 12.2. The molecule has 233 valence electrons. The van der Waals surface area contributed by atoms with E-state index in [0.717, 1.165) is 36.9 Å². The van der Waals surface area contributed by atoms with Crippen molar-refractivity contribution < 1.29 is 30.0 Å². The predicted molar refractivity (Wildman–Crippen MR) is 184 cm³/mol. The Morgan fingerprint density at radius 1 is 0.909 bits per heavy atom. The Kier molecular flexibility index (Phi) is 9.95. The zero-order chi connectivity index (χ0) is 31.2. The summed E-state index contributed by atoms with van der Waals surface area (Å²) in [6, 6.07) is 23.1. The number of carbonyl (C=O) groups is 1. The molecule has 1 aliphatic rings. The number of ketones is 1. The summed E-state index contributed by atoms with van der Waals surface area (Å²) in [5, 5.41) is 15.3. The molecule has 3 aromatic carbocycles. The van der Waals surface area contributed by atoms with Crippen molar-refractivity contribution in [2.45, 2.75) is 86.5 Å². The topological polar surface area (TPSA) is 50.2 Å². The van der Waals surface area contributed by atoms with Crippen LogP contribution >= 0.6 is 11.3 Å². The minimum Gasteiger partial charge on any atom is -0.512 e. The van der Waals surface area contributed by atoms with Gasteiger partial charge < -0.3 is 10.1 Å². The Morgan fingerprint density at radius 2 is 1.55 bits per heavy atom. The minimum atomic E-state index is -0.337. The monoisotopic (exact) mass is 783 g/mol. The van der Waals surface area contributed by atoms with Gasteiger partial charge in [0, 0.05) is 53.3 Å². The van der Waals surface area contributed by atoms with Crippen molar-refractivity contribution >= 4 is 48.1 Å². The van der Waals surface area contributed by atoms with E-state index in [4.69, 9.17) is 4.98 Å². The van der Waals surface area contributed by atoms with Gasteiger partial charge in [0.25, 0.3) is 0 Å². The number of hydrogen-bond acceptors (Lipinski definition) is 4. The fraction of sp³-hybridized carbons (Fsp3) is 0.385. The molecule has 1 N–H and O–H groups in total. The molecule has 0 aliphatic heterocycles. The number of allylic oxidation sites excluding steroid dienone is 2. The maximum Gasteiger partial charge on any atom is 0.164 e. The number of aromatic nitrogens is 1. The van der Waals surface area contributed by atoms with Crippen molar-refractivity contribution in [1.82, 2.24) is 4.98 Å². The Hall–Kier alpha value is -2.85. The Balaban J connectivity index is 0.000000218. The van der Waals surface area contributed by atoms with Gasteiger partial charge in [0.15, 0.2) is 5.78 Å². The van der Waals surface area contributed by atoms with Gasteiger partial charge in [-0.05, 0) is 69.4 Å². The van der Waals surface area contributed by atoms with E-state index in [9.17, 15) is 9.90 Å². The summed E-state index contributed by atoms with van der Waals surface area (Å²) >= 11 is 1.87. The van der Waals surface area contributed by atoms with Crippen molar-refractivity contribution in [3.63, 3.8) is 0 Å². The molecule has 0 bridgehead atoms. The van der Waals surface area contributed by atoms with Crippen LogP contribution in [0.5, 0.6) is 0 Å². The molecule has 3 nitrogen and oxygen atoms in total. The van der Waals surface area contributed by atoms with Gasteiger partial charge in [0.05, 0.1) is 0 Å². The number of pyridine rings is 1. The summed E-state index contributed by atoms with van der Waals surface area (Å²) in [6.45, 7) is 16.8. The van der Waals surface area contributed by atoms with Crippen LogP contribution in [0.3, 0.4) is 0 Å². The standard InChI is InChI=1S/C24H16NS.C15H28O2.Ir/c1-24(2)17-10-6-12-19-21(17)20-16(9-5-11-18(20)26-19)23-22(24)15-8-4-3-7-14(15)13-25-23;1-7-14(5,8-2)12(16)11-13(17)15(6,9-3)10-4;/h3-8,10-13H,1-2H3;11,16H,7-10H2,1-6H3;/q-1;;/b;12-11-;. The number of nitrogens with zero attached hydrogens (tertiary/aromatic N) is 1. The van der Waals surface area contributed by atoms with Gasteiger partial charge in [0.1, 0.15) is 5.76 Å². The van der Waals surface area contributed by atoms with E-state index < -0.39 is 0 Å². The number of fused-ring (bicyclic) bond motifs is 4. The van der Waals surface area contributed by atoms with Gasteiger partial charge in [-0.1, -0.05) is 97.2 Å². The van der Waals surface area contributed by atoms with Gasteiger partial charge in [-0.2, -0.15) is 11.3 Å². The minimum absolute atomic E-state index is 0. The number of aliphatic hydroxyl groups is 1. The molecule has 44 heavy (non-hydrogen) atoms. The molecule has 2 aromatic heterocycles. The molecule has 0 saturated carbocycles. The van der Waals surface area contributed by atoms with E-state index in [1.807, 2.05) is 65.1 Å². The van der Waals surface area contributed by atoms with E-state index in [-0.39, 0.29) is 47.9 Å². The van der Waals surface area contributed by atoms with Crippen molar-refractivity contribution in [2.24, 2.45) is 10.8 Å². The second-order valence-corrected chi connectivity index (χ2v) is 14.1. The van der Waals surface area contributed by atoms with Gasteiger partial charge in [-0.25, -0.2) is 0 Å². The smallest absolute Gasteiger partial charge is 0.164 e. The van der Waals surface area contributed by atoms with Crippen LogP contribution in [0.15, 0.2) is 72.6 Å². The summed E-state index contributed by atoms with van der Waals surface area (Å²) < 4.78 is 2.67. The second-order valence-electron chi connectivity index (χ2n) is 13.0. The Bertz CT molecular complexity index is 1860. The number of rotatable bonds is 7. The van der Waals surface area contributed by atoms with Crippen molar-refractivity contribution in [2.75, 3.05) is 0 Å². The van der Waals surface area contributed by atoms with E-state index >= 15 is 0 Å². The third-order valence-electron chi connectivity index (χ3n) is 10.4. The molecule has 2 heterocycles. The average Bonchev–Trinajstić information content (AvgIpc) is 3.38. The zero-order valence-corrected chi connectivity index (χ0v) is 30.4. The van der Waals surface area contributed by atoms with Gasteiger partial charge in [-0.15, -0.1) is 23.8 Å². The quantitative estimate of drug-likeness (QED) is 0.102. The number of carbonyl (C=O) groups excluding carboxylic acids is 1. The summed E-state index contributed by atoms with van der Waals surface area (Å²) in [4.78, 5) is 17.1. The molecular weight excluding hydrogens is 739 g/mol. The number of hydrogen-bond donors (Lipinski definition) is 1. The molecule has 0 atom stereocenters. The van der Waals surface area contributed by atoms with Gasteiger partial charge in [0.2, 0.25) is 0 Å². The average molecular weight is 783 g/mol. The molecule has 5 aromatic rings. The van der Waals surface area contributed by atoms with Crippen LogP contribution in [0.2, 0.25) is 0 Å². The van der Waals surface area contributed by atoms with Crippen molar-refractivity contribution in [3.8, 4) is 11.3 Å². The molecule has 5 heteroatoms. The number of benzene rings is 3. The first-order valence-corrected chi connectivity index (χ1v) is 16.5. The molecule has 0 amide bonds. The fourth-order valence-corrected chi connectivity index (χ4v) is 7.46. The molecule has 0 spiro atoms. The summed E-state index contributed by atoms with van der Waals surface area (Å²) in [5.74, 6) is 0.286. The first kappa shape index (κ1) is 34.0. The van der Waals surface area contributed by atoms with Gasteiger partial charge >= 0.3 is 0 Å². The molecule has 6 rings (SSSR count). The van der Waals surface area contributed by atoms with Crippen LogP contribution in [-0.2, 0) is 30.3 Å². The van der Waals surface area contributed by atoms with Crippen LogP contribution in [0.4, 0.5) is 0 Å². The molecular formula is C39H44IrNO2S-. The summed E-state index contributed by atoms with van der Waals surface area (Å²) in [7, 11) is 0. The molecule has 0 fully saturated rings. The first-order chi connectivity index (χ1) is 20.5. The van der Waals surface area contributed by atoms with Crippen LogP contribution in [-0.4, -0.2) is 15.9 Å². The molecule has 1 radical (unpaired) electrons. The van der Waals surface area contributed by atoms with Crippen LogP contribution in [0.1, 0.15) is 92.2 Å². The second kappa shape index (κ2) is 12.9. The number of thiophene rings is 1. The summed E-state index contributed by atoms with van der Waals surface area (Å²) in [6.07, 6.45) is 6.76.